The molecular formula is C28H27F2N6O5+. The minimum Gasteiger partial charge on any atom is -0.504 e. The summed E-state index contributed by atoms with van der Waals surface area (Å²) in [6.07, 6.45) is 4.15. The lowest BCUT2D eigenvalue weighted by atomic mass is 9.98. The summed E-state index contributed by atoms with van der Waals surface area (Å²) in [4.78, 5) is 21.2. The summed E-state index contributed by atoms with van der Waals surface area (Å²) in [6, 6.07) is 10.6. The Labute approximate surface area is 232 Å². The van der Waals surface area contributed by atoms with Crippen LogP contribution in [0.5, 0.6) is 29.0 Å². The van der Waals surface area contributed by atoms with Gasteiger partial charge in [0.25, 0.3) is 17.6 Å². The minimum atomic E-state index is -1.20. The number of phenolic OH excluding ortho intramolecular Hbond substituents is 1. The fourth-order valence-electron chi connectivity index (χ4n) is 4.62. The van der Waals surface area contributed by atoms with E-state index in [1.54, 1.807) is 41.2 Å². The fourth-order valence-corrected chi connectivity index (χ4v) is 4.62. The van der Waals surface area contributed by atoms with Crippen LogP contribution in [0.15, 0.2) is 54.9 Å². The van der Waals surface area contributed by atoms with E-state index < -0.39 is 41.0 Å². The summed E-state index contributed by atoms with van der Waals surface area (Å²) in [5, 5.41) is 25.5. The number of aryl methyl sites for hydroxylation is 1. The minimum absolute atomic E-state index is 0.0762. The molecule has 2 aromatic carbocycles. The van der Waals surface area contributed by atoms with Gasteiger partial charge in [0, 0.05) is 44.2 Å². The molecule has 0 unspecified atom stereocenters. The number of carboxylic acid groups (broad SMARTS) is 1. The third-order valence-corrected chi connectivity index (χ3v) is 6.71. The second-order valence-corrected chi connectivity index (χ2v) is 9.55. The smallest absolute Gasteiger partial charge is 0.308 e. The Morgan fingerprint density at radius 2 is 1.90 bits per heavy atom. The summed E-state index contributed by atoms with van der Waals surface area (Å²) in [7, 11) is 1.82. The second-order valence-electron chi connectivity index (χ2n) is 9.55. The Balaban J connectivity index is 1.59. The largest absolute Gasteiger partial charge is 0.504 e. The molecule has 3 heterocycles. The molecule has 0 aliphatic carbocycles. The molecule has 0 spiro atoms. The molecule has 6 N–H and O–H groups in total. The Morgan fingerprint density at radius 3 is 2.59 bits per heavy atom. The van der Waals surface area contributed by atoms with Crippen molar-refractivity contribution in [2.75, 3.05) is 18.0 Å². The number of hydrogen-bond acceptors (Lipinski definition) is 7. The maximum absolute atomic E-state index is 16.0. The van der Waals surface area contributed by atoms with Crippen LogP contribution in [0.4, 0.5) is 14.5 Å². The number of carboxylic acids is 1. The number of benzene rings is 2. The van der Waals surface area contributed by atoms with Gasteiger partial charge in [-0.1, -0.05) is 12.1 Å². The third-order valence-electron chi connectivity index (χ3n) is 6.71. The van der Waals surface area contributed by atoms with Crippen LogP contribution in [0.1, 0.15) is 18.4 Å². The van der Waals surface area contributed by atoms with Gasteiger partial charge in [0.1, 0.15) is 17.3 Å². The topological polar surface area (TPSA) is 162 Å². The van der Waals surface area contributed by atoms with Crippen LogP contribution >= 0.6 is 0 Å². The summed E-state index contributed by atoms with van der Waals surface area (Å²) in [6.45, 7) is 0.0503. The number of pyridine rings is 1. The normalized spacial score (nSPS) is 15.0. The molecule has 1 atom stereocenters. The van der Waals surface area contributed by atoms with Gasteiger partial charge in [-0.2, -0.15) is 13.8 Å². The molecule has 2 aromatic heterocycles. The van der Waals surface area contributed by atoms with Gasteiger partial charge < -0.3 is 29.2 Å². The van der Waals surface area contributed by atoms with E-state index in [4.69, 9.17) is 20.6 Å². The molecular weight excluding hydrogens is 538 g/mol. The van der Waals surface area contributed by atoms with Gasteiger partial charge in [0.05, 0.1) is 11.5 Å². The van der Waals surface area contributed by atoms with Gasteiger partial charge in [-0.05, 0) is 37.1 Å². The van der Waals surface area contributed by atoms with Gasteiger partial charge in [0.15, 0.2) is 11.5 Å². The zero-order valence-corrected chi connectivity index (χ0v) is 21.9. The number of nitrogens with zero attached hydrogens (tertiary/aromatic N) is 4. The monoisotopic (exact) mass is 565 g/mol. The molecule has 1 fully saturated rings. The van der Waals surface area contributed by atoms with Gasteiger partial charge >= 0.3 is 5.97 Å². The maximum Gasteiger partial charge on any atom is 0.308 e. The van der Waals surface area contributed by atoms with Crippen molar-refractivity contribution in [1.29, 1.82) is 0 Å². The highest BCUT2D eigenvalue weighted by molar-refractivity contribution is 5.93. The molecule has 0 radical (unpaired) electrons. The number of aliphatic carboxylic acids is 1. The first-order valence-electron chi connectivity index (χ1n) is 12.6. The lowest BCUT2D eigenvalue weighted by molar-refractivity contribution is -0.142. The number of anilines is 1. The highest BCUT2D eigenvalue weighted by Crippen LogP contribution is 2.41. The number of phenols is 1. The highest BCUT2D eigenvalue weighted by atomic mass is 19.1. The molecule has 4 aromatic rings. The molecule has 5 rings (SSSR count). The van der Waals surface area contributed by atoms with Crippen LogP contribution in [0.3, 0.4) is 0 Å². The molecule has 0 amide bonds. The molecule has 0 bridgehead atoms. The van der Waals surface area contributed by atoms with Crippen molar-refractivity contribution >= 4 is 17.5 Å². The van der Waals surface area contributed by atoms with E-state index in [1.165, 1.54) is 23.1 Å². The molecule has 212 valence electrons. The predicted octanol–water partition coefficient (Wildman–Crippen LogP) is 2.82. The summed E-state index contributed by atoms with van der Waals surface area (Å²) >= 11 is 0. The van der Waals surface area contributed by atoms with Crippen LogP contribution in [-0.4, -0.2) is 49.6 Å². The second kappa shape index (κ2) is 11.1. The first-order chi connectivity index (χ1) is 19.6. The lowest BCUT2D eigenvalue weighted by Crippen LogP contribution is -2.46. The number of hydrogen-bond donors (Lipinski definition) is 4. The SMILES string of the molecule is Cn1ccnc1-c1cccc(Oc2nc(Oc3cc(C(N)=[NH2+])ccc3O)c(F)c(N3CCC[C@@H](C(=O)O)C3)c2F)c1. The number of aromatic nitrogens is 3. The number of aromatic hydroxyl groups is 1. The maximum atomic E-state index is 16.0. The Morgan fingerprint density at radius 1 is 1.15 bits per heavy atom. The Hall–Kier alpha value is -5.20. The quantitative estimate of drug-likeness (QED) is 0.186. The average Bonchev–Trinajstić information content (AvgIpc) is 3.38. The van der Waals surface area contributed by atoms with Crippen molar-refractivity contribution in [1.82, 2.24) is 14.5 Å². The van der Waals surface area contributed by atoms with Gasteiger partial charge in [-0.15, -0.1) is 0 Å². The van der Waals surface area contributed by atoms with Gasteiger partial charge in [0.2, 0.25) is 11.6 Å². The number of rotatable bonds is 8. The van der Waals surface area contributed by atoms with Crippen LogP contribution < -0.4 is 25.5 Å². The first kappa shape index (κ1) is 27.4. The highest BCUT2D eigenvalue weighted by Gasteiger charge is 2.33. The Bertz CT molecular complexity index is 1640. The first-order valence-corrected chi connectivity index (χ1v) is 12.6. The number of amidine groups is 1. The Kier molecular flexibility index (Phi) is 7.42. The molecule has 41 heavy (non-hydrogen) atoms. The van der Waals surface area contributed by atoms with Gasteiger partial charge in [-0.3, -0.25) is 15.9 Å². The molecule has 13 heteroatoms. The molecule has 1 saturated heterocycles. The van der Waals surface area contributed by atoms with Crippen molar-refractivity contribution < 1.29 is 38.7 Å². The summed E-state index contributed by atoms with van der Waals surface area (Å²) in [5.41, 5.74) is 6.05. The van der Waals surface area contributed by atoms with E-state index >= 15 is 8.78 Å². The van der Waals surface area contributed by atoms with Crippen molar-refractivity contribution in [3.8, 4) is 40.4 Å². The van der Waals surface area contributed by atoms with E-state index in [-0.39, 0.29) is 36.2 Å². The van der Waals surface area contributed by atoms with E-state index in [1.807, 2.05) is 7.05 Å². The van der Waals surface area contributed by atoms with Crippen LogP contribution in [-0.2, 0) is 11.8 Å². The number of nitrogens with two attached hydrogens (primary N) is 2. The molecule has 11 nitrogen and oxygen atoms in total. The molecule has 1 aliphatic rings. The van der Waals surface area contributed by atoms with Crippen LogP contribution in [0.2, 0.25) is 0 Å². The van der Waals surface area contributed by atoms with E-state index in [0.29, 0.717) is 29.8 Å². The van der Waals surface area contributed by atoms with E-state index in [2.05, 4.69) is 9.97 Å². The van der Waals surface area contributed by atoms with Crippen LogP contribution in [0.25, 0.3) is 11.4 Å². The summed E-state index contributed by atoms with van der Waals surface area (Å²) in [5.74, 6) is -5.45. The molecule has 0 saturated carbocycles. The average molecular weight is 566 g/mol. The number of imidazole rings is 1. The number of halogens is 2. The standard InChI is InChI=1S/C28H26F2N6O5/c1-35-11-9-33-25(35)16-4-2-6-18(12-16)40-26-21(29)23(36-10-3-5-17(14-36)28(38)39)22(30)27(34-26)41-20-13-15(24(31)32)7-8-19(20)37/h2,4,6-9,11-13,17,37H,3,5,10,14H2,1H3,(H3,31,32)(H,38,39)/p+1/t17-/m1/s1. The zero-order valence-electron chi connectivity index (χ0n) is 21.9. The number of piperidine rings is 1. The number of ether oxygens (including phenoxy) is 2. The van der Waals surface area contributed by atoms with Crippen molar-refractivity contribution in [3.63, 3.8) is 0 Å². The van der Waals surface area contributed by atoms with Crippen molar-refractivity contribution in [2.24, 2.45) is 18.7 Å². The van der Waals surface area contributed by atoms with Crippen molar-refractivity contribution in [2.45, 2.75) is 12.8 Å². The lowest BCUT2D eigenvalue weighted by Gasteiger charge is -2.33. The predicted molar refractivity (Wildman–Crippen MR) is 144 cm³/mol. The van der Waals surface area contributed by atoms with Crippen molar-refractivity contribution in [3.05, 3.63) is 72.1 Å². The van der Waals surface area contributed by atoms with Gasteiger partial charge in [-0.25, -0.2) is 4.98 Å². The van der Waals surface area contributed by atoms with Crippen LogP contribution in [0, 0.1) is 17.6 Å². The van der Waals surface area contributed by atoms with E-state index in [9.17, 15) is 15.0 Å². The fraction of sp³-hybridized carbons (Fsp3) is 0.214. The third kappa shape index (κ3) is 5.60. The van der Waals surface area contributed by atoms with E-state index in [0.717, 1.165) is 0 Å². The summed E-state index contributed by atoms with van der Waals surface area (Å²) < 4.78 is 45.1. The molecule has 1 aliphatic heterocycles. The number of carbonyl (C=O) groups is 1. The zero-order chi connectivity index (χ0) is 29.3.